The van der Waals surface area contributed by atoms with Gasteiger partial charge in [-0.15, -0.1) is 0 Å². The van der Waals surface area contributed by atoms with Crippen molar-refractivity contribution in [2.45, 2.75) is 26.4 Å². The lowest BCUT2D eigenvalue weighted by Crippen LogP contribution is -2.25. The molecular formula is C17H17NO5. The number of benzene rings is 2. The van der Waals surface area contributed by atoms with Crippen molar-refractivity contribution in [1.29, 1.82) is 0 Å². The molecule has 2 aromatic carbocycles. The molecule has 6 heteroatoms. The first-order valence-corrected chi connectivity index (χ1v) is 7.00. The fraction of sp³-hybridized carbons (Fsp3) is 0.235. The molecule has 2 aromatic rings. The molecule has 0 unspecified atom stereocenters. The van der Waals surface area contributed by atoms with Crippen molar-refractivity contribution in [2.24, 2.45) is 0 Å². The van der Waals surface area contributed by atoms with Crippen LogP contribution in [-0.2, 0) is 4.74 Å². The Morgan fingerprint density at radius 3 is 2.26 bits per heavy atom. The van der Waals surface area contributed by atoms with Gasteiger partial charge in [-0.25, -0.2) is 4.79 Å². The quantitative estimate of drug-likeness (QED) is 0.358. The van der Waals surface area contributed by atoms with Crippen LogP contribution < -0.4 is 4.74 Å². The van der Waals surface area contributed by atoms with E-state index in [1.807, 2.05) is 0 Å². The molecule has 0 spiro atoms. The van der Waals surface area contributed by atoms with Gasteiger partial charge in [0.15, 0.2) is 0 Å². The number of hydrogen-bond acceptors (Lipinski definition) is 5. The molecule has 0 amide bonds. The Hall–Kier alpha value is -2.89. The molecule has 120 valence electrons. The van der Waals surface area contributed by atoms with Gasteiger partial charge in [-0.2, -0.15) is 0 Å². The smallest absolute Gasteiger partial charge is 0.428 e. The first-order chi connectivity index (χ1) is 10.7. The van der Waals surface area contributed by atoms with E-state index in [2.05, 4.69) is 0 Å². The number of nitro benzene ring substituents is 1. The van der Waals surface area contributed by atoms with E-state index < -0.39 is 16.7 Å². The summed E-state index contributed by atoms with van der Waals surface area (Å²) in [6, 6.07) is 13.0. The molecule has 0 fully saturated rings. The van der Waals surface area contributed by atoms with Crippen LogP contribution in [0.4, 0.5) is 10.5 Å². The monoisotopic (exact) mass is 315 g/mol. The molecule has 6 nitrogen and oxygen atoms in total. The Labute approximate surface area is 133 Å². The van der Waals surface area contributed by atoms with Crippen LogP contribution in [0.2, 0.25) is 0 Å². The van der Waals surface area contributed by atoms with Crippen molar-refractivity contribution in [3.63, 3.8) is 0 Å². The van der Waals surface area contributed by atoms with Crippen LogP contribution in [0.5, 0.6) is 5.75 Å². The summed E-state index contributed by atoms with van der Waals surface area (Å²) in [5.74, 6) is 0.309. The van der Waals surface area contributed by atoms with Crippen LogP contribution in [0.3, 0.4) is 0 Å². The lowest BCUT2D eigenvalue weighted by molar-refractivity contribution is -0.384. The van der Waals surface area contributed by atoms with E-state index in [0.717, 1.165) is 0 Å². The van der Waals surface area contributed by atoms with Gasteiger partial charge in [-0.1, -0.05) is 24.3 Å². The number of non-ortho nitro benzene ring substituents is 1. The molecule has 0 radical (unpaired) electrons. The maximum atomic E-state index is 11.7. The molecule has 2 rings (SSSR count). The van der Waals surface area contributed by atoms with Crippen molar-refractivity contribution in [3.8, 4) is 16.9 Å². The molecule has 0 saturated carbocycles. The third-order valence-electron chi connectivity index (χ3n) is 2.82. The maximum absolute atomic E-state index is 11.7. The van der Waals surface area contributed by atoms with Gasteiger partial charge in [0.05, 0.1) is 4.92 Å². The number of rotatable bonds is 3. The van der Waals surface area contributed by atoms with E-state index in [4.69, 9.17) is 9.47 Å². The van der Waals surface area contributed by atoms with Crippen molar-refractivity contribution in [2.75, 3.05) is 0 Å². The van der Waals surface area contributed by atoms with Crippen LogP contribution in [0.1, 0.15) is 20.8 Å². The molecule has 0 aliphatic heterocycles. The average molecular weight is 315 g/mol. The van der Waals surface area contributed by atoms with Gasteiger partial charge in [0.2, 0.25) is 0 Å². The fourth-order valence-corrected chi connectivity index (χ4v) is 1.91. The highest BCUT2D eigenvalue weighted by atomic mass is 16.7. The standard InChI is InChI=1S/C17H17NO5/c1-17(2,3)23-16(19)22-15-9-5-7-13(11-15)12-6-4-8-14(10-12)18(20)21/h4-11H,1-3H3. The Bertz CT molecular complexity index is 734. The highest BCUT2D eigenvalue weighted by Gasteiger charge is 2.18. The molecule has 0 bridgehead atoms. The Kier molecular flexibility index (Phi) is 4.64. The fourth-order valence-electron chi connectivity index (χ4n) is 1.91. The van der Waals surface area contributed by atoms with Gasteiger partial charge in [0, 0.05) is 12.1 Å². The number of carbonyl (C=O) groups excluding carboxylic acids is 1. The summed E-state index contributed by atoms with van der Waals surface area (Å²) in [6.07, 6.45) is -0.798. The van der Waals surface area contributed by atoms with Crippen molar-refractivity contribution >= 4 is 11.8 Å². The summed E-state index contributed by atoms with van der Waals surface area (Å²) in [5.41, 5.74) is 0.721. The minimum atomic E-state index is -0.798. The van der Waals surface area contributed by atoms with E-state index in [-0.39, 0.29) is 5.69 Å². The number of ether oxygens (including phenoxy) is 2. The molecule has 0 atom stereocenters. The summed E-state index contributed by atoms with van der Waals surface area (Å²) in [7, 11) is 0. The largest absolute Gasteiger partial charge is 0.514 e. The predicted molar refractivity (Wildman–Crippen MR) is 85.4 cm³/mol. The summed E-state index contributed by atoms with van der Waals surface area (Å²) in [4.78, 5) is 22.1. The van der Waals surface area contributed by atoms with E-state index in [1.165, 1.54) is 12.1 Å². The van der Waals surface area contributed by atoms with Crippen molar-refractivity contribution in [3.05, 3.63) is 58.6 Å². The minimum Gasteiger partial charge on any atom is -0.428 e. The van der Waals surface area contributed by atoms with Crippen molar-refractivity contribution < 1.29 is 19.2 Å². The van der Waals surface area contributed by atoms with E-state index in [0.29, 0.717) is 16.9 Å². The Balaban J connectivity index is 2.22. The number of nitrogens with zero attached hydrogens (tertiary/aromatic N) is 1. The zero-order valence-corrected chi connectivity index (χ0v) is 13.1. The minimum absolute atomic E-state index is 0.000892. The van der Waals surface area contributed by atoms with Crippen LogP contribution in [0, 0.1) is 10.1 Å². The first-order valence-electron chi connectivity index (χ1n) is 7.00. The average Bonchev–Trinajstić information content (AvgIpc) is 2.45. The van der Waals surface area contributed by atoms with Gasteiger partial charge < -0.3 is 9.47 Å². The summed E-state index contributed by atoms with van der Waals surface area (Å²) in [6.45, 7) is 5.23. The summed E-state index contributed by atoms with van der Waals surface area (Å²) in [5, 5.41) is 10.8. The van der Waals surface area contributed by atoms with Gasteiger partial charge in [-0.05, 0) is 44.0 Å². The van der Waals surface area contributed by atoms with Crippen LogP contribution in [0.15, 0.2) is 48.5 Å². The normalized spacial score (nSPS) is 10.9. The molecule has 0 heterocycles. The maximum Gasteiger partial charge on any atom is 0.514 e. The predicted octanol–water partition coefficient (Wildman–Crippen LogP) is 4.58. The lowest BCUT2D eigenvalue weighted by atomic mass is 10.1. The van der Waals surface area contributed by atoms with E-state index in [1.54, 1.807) is 57.2 Å². The molecule has 0 aliphatic carbocycles. The molecule has 0 aromatic heterocycles. The Morgan fingerprint density at radius 2 is 1.65 bits per heavy atom. The molecular weight excluding hydrogens is 298 g/mol. The van der Waals surface area contributed by atoms with E-state index in [9.17, 15) is 14.9 Å². The zero-order chi connectivity index (χ0) is 17.0. The van der Waals surface area contributed by atoms with E-state index >= 15 is 0 Å². The van der Waals surface area contributed by atoms with Crippen LogP contribution in [0.25, 0.3) is 11.1 Å². The van der Waals surface area contributed by atoms with Gasteiger partial charge in [-0.3, -0.25) is 10.1 Å². The molecule has 23 heavy (non-hydrogen) atoms. The SMILES string of the molecule is CC(C)(C)OC(=O)Oc1cccc(-c2cccc([N+](=O)[O-])c2)c1. The number of nitro groups is 1. The third kappa shape index (κ3) is 4.81. The first kappa shape index (κ1) is 16.5. The summed E-state index contributed by atoms with van der Waals surface area (Å²) >= 11 is 0. The number of hydrogen-bond donors (Lipinski definition) is 0. The molecule has 0 aliphatic rings. The topological polar surface area (TPSA) is 78.7 Å². The van der Waals surface area contributed by atoms with Crippen LogP contribution >= 0.6 is 0 Å². The second kappa shape index (κ2) is 6.48. The van der Waals surface area contributed by atoms with Gasteiger partial charge in [0.25, 0.3) is 5.69 Å². The van der Waals surface area contributed by atoms with Crippen molar-refractivity contribution in [1.82, 2.24) is 0 Å². The van der Waals surface area contributed by atoms with Gasteiger partial charge >= 0.3 is 6.16 Å². The highest BCUT2D eigenvalue weighted by molar-refractivity contribution is 5.70. The highest BCUT2D eigenvalue weighted by Crippen LogP contribution is 2.27. The zero-order valence-electron chi connectivity index (χ0n) is 13.1. The molecule has 0 N–H and O–H groups in total. The number of carbonyl (C=O) groups is 1. The lowest BCUT2D eigenvalue weighted by Gasteiger charge is -2.18. The second-order valence-corrected chi connectivity index (χ2v) is 5.90. The third-order valence-corrected chi connectivity index (χ3v) is 2.82. The Morgan fingerprint density at radius 1 is 1.04 bits per heavy atom. The van der Waals surface area contributed by atoms with Crippen LogP contribution in [-0.4, -0.2) is 16.7 Å². The second-order valence-electron chi connectivity index (χ2n) is 5.90. The molecule has 0 saturated heterocycles. The summed E-state index contributed by atoms with van der Waals surface area (Å²) < 4.78 is 10.2. The van der Waals surface area contributed by atoms with Gasteiger partial charge in [0.1, 0.15) is 11.4 Å².